The summed E-state index contributed by atoms with van der Waals surface area (Å²) in [5.74, 6) is -1.04. The second kappa shape index (κ2) is 6.48. The molecule has 0 saturated heterocycles. The van der Waals surface area contributed by atoms with E-state index in [-0.39, 0.29) is 5.56 Å². The highest BCUT2D eigenvalue weighted by Gasteiger charge is 2.18. The van der Waals surface area contributed by atoms with Gasteiger partial charge in [0.25, 0.3) is 0 Å². The van der Waals surface area contributed by atoms with Gasteiger partial charge in [-0.1, -0.05) is 12.1 Å². The third-order valence-corrected chi connectivity index (χ3v) is 4.52. The Morgan fingerprint density at radius 1 is 1.33 bits per heavy atom. The van der Waals surface area contributed by atoms with Gasteiger partial charge in [0, 0.05) is 18.1 Å². The normalized spacial score (nSPS) is 11.7. The van der Waals surface area contributed by atoms with Crippen LogP contribution in [0.4, 0.5) is 0 Å². The van der Waals surface area contributed by atoms with Crippen molar-refractivity contribution in [3.8, 4) is 11.4 Å². The number of aromatic carboxylic acids is 1. The highest BCUT2D eigenvalue weighted by molar-refractivity contribution is 6.01. The molecule has 0 bridgehead atoms. The minimum atomic E-state index is -1.04. The number of likely N-dealkylation sites (N-methyl/N-ethyl adjacent to an activating group) is 1. The summed E-state index contributed by atoms with van der Waals surface area (Å²) in [6.07, 6.45) is 3.04. The third kappa shape index (κ3) is 3.04. The number of carboxylic acid groups (broad SMARTS) is 1. The molecule has 0 aliphatic rings. The van der Waals surface area contributed by atoms with Crippen LogP contribution in [0, 0.1) is 6.92 Å². The summed E-state index contributed by atoms with van der Waals surface area (Å²) < 4.78 is 1.97. The number of nitrogens with zero attached hydrogens (tertiary/aromatic N) is 5. The van der Waals surface area contributed by atoms with Gasteiger partial charge in [-0.25, -0.2) is 14.8 Å². The molecule has 2 N–H and O–H groups in total. The van der Waals surface area contributed by atoms with E-state index in [1.54, 1.807) is 6.20 Å². The van der Waals surface area contributed by atoms with Crippen LogP contribution in [0.5, 0.6) is 0 Å². The van der Waals surface area contributed by atoms with E-state index >= 15 is 0 Å². The molecule has 8 heteroatoms. The predicted octanol–water partition coefficient (Wildman–Crippen LogP) is 2.54. The van der Waals surface area contributed by atoms with Gasteiger partial charge in [0.2, 0.25) is 0 Å². The summed E-state index contributed by atoms with van der Waals surface area (Å²) in [6, 6.07) is 6.17. The summed E-state index contributed by atoms with van der Waals surface area (Å²) in [5, 5.41) is 15.1. The Labute approximate surface area is 155 Å². The molecule has 0 radical (unpaired) electrons. The van der Waals surface area contributed by atoms with Gasteiger partial charge in [-0.2, -0.15) is 5.10 Å². The van der Waals surface area contributed by atoms with Gasteiger partial charge < -0.3 is 15.0 Å². The second-order valence-electron chi connectivity index (χ2n) is 6.86. The van der Waals surface area contributed by atoms with Crippen LogP contribution in [0.2, 0.25) is 0 Å². The first-order valence-corrected chi connectivity index (χ1v) is 8.63. The van der Waals surface area contributed by atoms with Crippen molar-refractivity contribution in [1.29, 1.82) is 0 Å². The van der Waals surface area contributed by atoms with Gasteiger partial charge >= 0.3 is 5.97 Å². The average molecular weight is 364 g/mol. The molecule has 0 saturated carbocycles. The van der Waals surface area contributed by atoms with Crippen LogP contribution < -0.4 is 0 Å². The number of fused-ring (bicyclic) bond motifs is 2. The van der Waals surface area contributed by atoms with Crippen LogP contribution in [0.1, 0.15) is 15.9 Å². The molecule has 3 heterocycles. The second-order valence-corrected chi connectivity index (χ2v) is 6.86. The van der Waals surface area contributed by atoms with Crippen molar-refractivity contribution in [2.24, 2.45) is 0 Å². The summed E-state index contributed by atoms with van der Waals surface area (Å²) in [5.41, 5.74) is 4.33. The predicted molar refractivity (Wildman–Crippen MR) is 103 cm³/mol. The standard InChI is InChI=1S/C19H20N6O2/c1-11-4-5-12-15(8-11)25(7-6-24(2)3)23-16(12)14-10-21-18-17(22-14)13(9-20-18)19(26)27/h4-5,8-10H,6-7H2,1-3H3,(H,20,21)(H,26,27). The SMILES string of the molecule is Cc1ccc2c(-c3cnc4[nH]cc(C(=O)O)c4n3)nn(CCN(C)C)c2c1. The van der Waals surface area contributed by atoms with Crippen LogP contribution in [-0.4, -0.2) is 61.3 Å². The molecule has 138 valence electrons. The molecule has 0 atom stereocenters. The van der Waals surface area contributed by atoms with E-state index in [0.29, 0.717) is 22.6 Å². The zero-order valence-electron chi connectivity index (χ0n) is 15.4. The van der Waals surface area contributed by atoms with Gasteiger partial charge in [-0.05, 0) is 32.6 Å². The molecule has 1 aromatic carbocycles. The molecule has 0 fully saturated rings. The number of aromatic amines is 1. The van der Waals surface area contributed by atoms with Gasteiger partial charge in [-0.3, -0.25) is 4.68 Å². The molecule has 4 rings (SSSR count). The number of hydrogen-bond acceptors (Lipinski definition) is 5. The lowest BCUT2D eigenvalue weighted by molar-refractivity contribution is 0.0699. The maximum absolute atomic E-state index is 11.4. The smallest absolute Gasteiger partial charge is 0.339 e. The van der Waals surface area contributed by atoms with Crippen molar-refractivity contribution in [1.82, 2.24) is 29.6 Å². The summed E-state index contributed by atoms with van der Waals surface area (Å²) in [6.45, 7) is 3.65. The lowest BCUT2D eigenvalue weighted by Gasteiger charge is -2.10. The highest BCUT2D eigenvalue weighted by Crippen LogP contribution is 2.28. The molecule has 3 aromatic heterocycles. The fourth-order valence-corrected chi connectivity index (χ4v) is 3.11. The first kappa shape index (κ1) is 17.2. The molecule has 0 aliphatic heterocycles. The number of rotatable bonds is 5. The van der Waals surface area contributed by atoms with Crippen molar-refractivity contribution in [3.05, 3.63) is 41.7 Å². The number of carboxylic acids is 1. The van der Waals surface area contributed by atoms with Gasteiger partial charge in [0.15, 0.2) is 5.65 Å². The topological polar surface area (TPSA) is 99.9 Å². The van der Waals surface area contributed by atoms with Crippen molar-refractivity contribution in [3.63, 3.8) is 0 Å². The first-order valence-electron chi connectivity index (χ1n) is 8.63. The largest absolute Gasteiger partial charge is 0.478 e. The fraction of sp³-hybridized carbons (Fsp3) is 0.263. The Morgan fingerprint density at radius 2 is 2.15 bits per heavy atom. The number of carbonyl (C=O) groups is 1. The summed E-state index contributed by atoms with van der Waals surface area (Å²) in [7, 11) is 4.05. The van der Waals surface area contributed by atoms with Crippen LogP contribution in [0.25, 0.3) is 33.5 Å². The molecule has 27 heavy (non-hydrogen) atoms. The average Bonchev–Trinajstić information content (AvgIpc) is 3.20. The molecule has 0 unspecified atom stereocenters. The molecular formula is C19H20N6O2. The Kier molecular flexibility index (Phi) is 4.12. The Hall–Kier alpha value is -3.26. The van der Waals surface area contributed by atoms with Crippen molar-refractivity contribution < 1.29 is 9.90 Å². The summed E-state index contributed by atoms with van der Waals surface area (Å²) in [4.78, 5) is 25.2. The van der Waals surface area contributed by atoms with E-state index < -0.39 is 5.97 Å². The molecule has 0 aliphatic carbocycles. The number of hydrogen-bond donors (Lipinski definition) is 2. The molecule has 4 aromatic rings. The van der Waals surface area contributed by atoms with E-state index in [9.17, 15) is 9.90 Å². The molecule has 0 amide bonds. The number of nitrogens with one attached hydrogen (secondary N) is 1. The summed E-state index contributed by atoms with van der Waals surface area (Å²) >= 11 is 0. The molecule has 0 spiro atoms. The minimum Gasteiger partial charge on any atom is -0.478 e. The van der Waals surface area contributed by atoms with E-state index in [1.165, 1.54) is 6.20 Å². The van der Waals surface area contributed by atoms with Crippen LogP contribution >= 0.6 is 0 Å². The Balaban J connectivity index is 1.89. The lowest BCUT2D eigenvalue weighted by Crippen LogP contribution is -2.19. The van der Waals surface area contributed by atoms with Crippen molar-refractivity contribution in [2.45, 2.75) is 13.5 Å². The van der Waals surface area contributed by atoms with E-state index in [1.807, 2.05) is 37.8 Å². The number of aryl methyl sites for hydroxylation is 1. The fourth-order valence-electron chi connectivity index (χ4n) is 3.11. The van der Waals surface area contributed by atoms with Crippen molar-refractivity contribution in [2.75, 3.05) is 20.6 Å². The number of benzene rings is 1. The van der Waals surface area contributed by atoms with E-state index in [2.05, 4.69) is 25.9 Å². The van der Waals surface area contributed by atoms with Crippen LogP contribution in [0.15, 0.2) is 30.6 Å². The Morgan fingerprint density at radius 3 is 2.89 bits per heavy atom. The van der Waals surface area contributed by atoms with E-state index in [0.717, 1.165) is 29.6 Å². The zero-order chi connectivity index (χ0) is 19.1. The maximum Gasteiger partial charge on any atom is 0.339 e. The molecule has 8 nitrogen and oxygen atoms in total. The zero-order valence-corrected chi connectivity index (χ0v) is 15.4. The third-order valence-electron chi connectivity index (χ3n) is 4.52. The van der Waals surface area contributed by atoms with Crippen LogP contribution in [0.3, 0.4) is 0 Å². The maximum atomic E-state index is 11.4. The first-order chi connectivity index (χ1) is 12.9. The minimum absolute atomic E-state index is 0.103. The Bertz CT molecular complexity index is 1160. The van der Waals surface area contributed by atoms with Crippen LogP contribution in [-0.2, 0) is 6.54 Å². The molecular weight excluding hydrogens is 344 g/mol. The van der Waals surface area contributed by atoms with Crippen molar-refractivity contribution >= 4 is 28.0 Å². The number of aromatic nitrogens is 5. The van der Waals surface area contributed by atoms with Gasteiger partial charge in [0.1, 0.15) is 22.5 Å². The van der Waals surface area contributed by atoms with Gasteiger partial charge in [0.05, 0.1) is 18.3 Å². The monoisotopic (exact) mass is 364 g/mol. The lowest BCUT2D eigenvalue weighted by atomic mass is 10.1. The quantitative estimate of drug-likeness (QED) is 0.564. The highest BCUT2D eigenvalue weighted by atomic mass is 16.4. The number of H-pyrrole nitrogens is 1. The van der Waals surface area contributed by atoms with Gasteiger partial charge in [-0.15, -0.1) is 0 Å². The van der Waals surface area contributed by atoms with E-state index in [4.69, 9.17) is 5.10 Å².